The zero-order valence-corrected chi connectivity index (χ0v) is 10.9. The first kappa shape index (κ1) is 11.7. The van der Waals surface area contributed by atoms with Gasteiger partial charge in [-0.1, -0.05) is 6.07 Å². The van der Waals surface area contributed by atoms with Gasteiger partial charge >= 0.3 is 0 Å². The third-order valence-corrected chi connectivity index (χ3v) is 3.08. The van der Waals surface area contributed by atoms with Gasteiger partial charge in [-0.3, -0.25) is 4.98 Å². The molecule has 0 unspecified atom stereocenters. The molecule has 0 atom stereocenters. The highest BCUT2D eigenvalue weighted by atomic mass is 16.5. The smallest absolute Gasteiger partial charge is 0.213 e. The number of ether oxygens (including phenoxy) is 1. The van der Waals surface area contributed by atoms with Crippen LogP contribution in [0.1, 0.15) is 5.56 Å². The van der Waals surface area contributed by atoms with E-state index in [1.165, 1.54) is 5.56 Å². The van der Waals surface area contributed by atoms with Crippen LogP contribution >= 0.6 is 0 Å². The minimum Gasteiger partial charge on any atom is -0.481 e. The Hall–Kier alpha value is -2.42. The number of methoxy groups -OCH3 is 1. The molecule has 3 rings (SSSR count). The Morgan fingerprint density at radius 1 is 1.00 bits per heavy atom. The molecule has 2 aromatic heterocycles. The summed E-state index contributed by atoms with van der Waals surface area (Å²) in [5.74, 6) is 0.633. The summed E-state index contributed by atoms with van der Waals surface area (Å²) in [4.78, 5) is 8.81. The molecule has 19 heavy (non-hydrogen) atoms. The Balaban J connectivity index is 2.11. The first-order valence-corrected chi connectivity index (χ1v) is 6.14. The summed E-state index contributed by atoms with van der Waals surface area (Å²) in [6.45, 7) is 2.07. The number of benzene rings is 1. The second kappa shape index (κ2) is 4.69. The fourth-order valence-electron chi connectivity index (χ4n) is 2.07. The second-order valence-corrected chi connectivity index (χ2v) is 4.48. The number of aromatic nitrogens is 2. The van der Waals surface area contributed by atoms with Gasteiger partial charge in [0.2, 0.25) is 5.88 Å². The van der Waals surface area contributed by atoms with E-state index in [2.05, 4.69) is 29.0 Å². The highest BCUT2D eigenvalue weighted by molar-refractivity contribution is 5.84. The molecule has 0 fully saturated rings. The van der Waals surface area contributed by atoms with Crippen molar-refractivity contribution in [1.82, 2.24) is 9.97 Å². The molecule has 0 aliphatic rings. The van der Waals surface area contributed by atoms with Gasteiger partial charge in [-0.15, -0.1) is 0 Å². The fraction of sp³-hybridized carbons (Fsp3) is 0.125. The van der Waals surface area contributed by atoms with Crippen molar-refractivity contribution in [1.29, 1.82) is 0 Å². The zero-order chi connectivity index (χ0) is 13.2. The van der Waals surface area contributed by atoms with Gasteiger partial charge in [0.05, 0.1) is 18.3 Å². The molecular formula is C16H14N2O. The van der Waals surface area contributed by atoms with Gasteiger partial charge in [-0.05, 0) is 42.8 Å². The minimum atomic E-state index is 0.633. The quantitative estimate of drug-likeness (QED) is 0.696. The lowest BCUT2D eigenvalue weighted by atomic mass is 10.1. The molecule has 0 bridgehead atoms. The largest absolute Gasteiger partial charge is 0.481 e. The number of nitrogens with zero attached hydrogens (tertiary/aromatic N) is 2. The van der Waals surface area contributed by atoms with Crippen LogP contribution in [0.3, 0.4) is 0 Å². The lowest BCUT2D eigenvalue weighted by Gasteiger charge is -2.05. The van der Waals surface area contributed by atoms with Gasteiger partial charge in [0, 0.05) is 23.2 Å². The van der Waals surface area contributed by atoms with E-state index in [9.17, 15) is 0 Å². The van der Waals surface area contributed by atoms with Crippen LogP contribution in [-0.2, 0) is 0 Å². The molecule has 0 aliphatic carbocycles. The van der Waals surface area contributed by atoms with Crippen molar-refractivity contribution in [2.24, 2.45) is 0 Å². The van der Waals surface area contributed by atoms with E-state index in [0.717, 1.165) is 22.2 Å². The Bertz CT molecular complexity index is 738. The maximum absolute atomic E-state index is 5.13. The predicted molar refractivity (Wildman–Crippen MR) is 76.3 cm³/mol. The summed E-state index contributed by atoms with van der Waals surface area (Å²) >= 11 is 0. The molecule has 3 nitrogen and oxygen atoms in total. The summed E-state index contributed by atoms with van der Waals surface area (Å²) in [5.41, 5.74) is 4.22. The summed E-state index contributed by atoms with van der Waals surface area (Å²) in [5, 5.41) is 1.08. The third kappa shape index (κ3) is 2.27. The van der Waals surface area contributed by atoms with Gasteiger partial charge < -0.3 is 4.74 Å². The van der Waals surface area contributed by atoms with E-state index in [0.29, 0.717) is 5.88 Å². The molecule has 3 aromatic rings. The SMILES string of the molecule is COc1ccc2cc(-c3cc(C)ccn3)ccc2n1. The second-order valence-electron chi connectivity index (χ2n) is 4.48. The molecule has 0 saturated carbocycles. The van der Waals surface area contributed by atoms with Crippen LogP contribution < -0.4 is 4.74 Å². The van der Waals surface area contributed by atoms with Crippen LogP contribution in [0.25, 0.3) is 22.2 Å². The molecule has 0 spiro atoms. The van der Waals surface area contributed by atoms with Crippen LogP contribution in [0.15, 0.2) is 48.7 Å². The van der Waals surface area contributed by atoms with E-state index in [1.807, 2.05) is 36.5 Å². The van der Waals surface area contributed by atoms with E-state index >= 15 is 0 Å². The van der Waals surface area contributed by atoms with Gasteiger partial charge in [0.15, 0.2) is 0 Å². The predicted octanol–water partition coefficient (Wildman–Crippen LogP) is 3.61. The number of rotatable bonds is 2. The Morgan fingerprint density at radius 3 is 2.68 bits per heavy atom. The van der Waals surface area contributed by atoms with Gasteiger partial charge in [0.1, 0.15) is 0 Å². The maximum Gasteiger partial charge on any atom is 0.213 e. The Kier molecular flexibility index (Phi) is 2.88. The monoisotopic (exact) mass is 250 g/mol. The Morgan fingerprint density at radius 2 is 1.89 bits per heavy atom. The lowest BCUT2D eigenvalue weighted by Crippen LogP contribution is -1.89. The van der Waals surface area contributed by atoms with E-state index in [4.69, 9.17) is 4.74 Å². The topological polar surface area (TPSA) is 35.0 Å². The summed E-state index contributed by atoms with van der Waals surface area (Å²) in [6.07, 6.45) is 1.83. The van der Waals surface area contributed by atoms with Crippen LogP contribution in [-0.4, -0.2) is 17.1 Å². The highest BCUT2D eigenvalue weighted by Gasteiger charge is 2.03. The van der Waals surface area contributed by atoms with E-state index in [-0.39, 0.29) is 0 Å². The summed E-state index contributed by atoms with van der Waals surface area (Å²) in [7, 11) is 1.62. The Labute approximate surface area is 111 Å². The first-order valence-electron chi connectivity index (χ1n) is 6.14. The maximum atomic E-state index is 5.13. The summed E-state index contributed by atoms with van der Waals surface area (Å²) in [6, 6.07) is 14.1. The van der Waals surface area contributed by atoms with Crippen LogP contribution in [0.4, 0.5) is 0 Å². The van der Waals surface area contributed by atoms with E-state index in [1.54, 1.807) is 7.11 Å². The van der Waals surface area contributed by atoms with Crippen LogP contribution in [0, 0.1) is 6.92 Å². The molecule has 0 aliphatic heterocycles. The number of hydrogen-bond donors (Lipinski definition) is 0. The van der Waals surface area contributed by atoms with Crippen molar-refractivity contribution >= 4 is 10.9 Å². The van der Waals surface area contributed by atoms with Gasteiger partial charge in [-0.25, -0.2) is 4.98 Å². The standard InChI is InChI=1S/C16H14N2O/c1-11-7-8-17-15(9-11)13-3-5-14-12(10-13)4-6-16(18-14)19-2/h3-10H,1-2H3. The molecule has 0 amide bonds. The third-order valence-electron chi connectivity index (χ3n) is 3.08. The fourth-order valence-corrected chi connectivity index (χ4v) is 2.07. The molecule has 0 N–H and O–H groups in total. The van der Waals surface area contributed by atoms with Gasteiger partial charge in [-0.2, -0.15) is 0 Å². The van der Waals surface area contributed by atoms with Crippen molar-refractivity contribution in [3.8, 4) is 17.1 Å². The molecule has 2 heterocycles. The zero-order valence-electron chi connectivity index (χ0n) is 10.9. The van der Waals surface area contributed by atoms with Crippen LogP contribution in [0.2, 0.25) is 0 Å². The molecule has 3 heteroatoms. The van der Waals surface area contributed by atoms with Crippen molar-refractivity contribution in [2.45, 2.75) is 6.92 Å². The molecule has 1 aromatic carbocycles. The number of hydrogen-bond acceptors (Lipinski definition) is 3. The van der Waals surface area contributed by atoms with Crippen molar-refractivity contribution < 1.29 is 4.74 Å². The number of aryl methyl sites for hydroxylation is 1. The highest BCUT2D eigenvalue weighted by Crippen LogP contribution is 2.24. The lowest BCUT2D eigenvalue weighted by molar-refractivity contribution is 0.399. The molecular weight excluding hydrogens is 236 g/mol. The van der Waals surface area contributed by atoms with Crippen molar-refractivity contribution in [3.05, 3.63) is 54.2 Å². The number of pyridine rings is 2. The average molecular weight is 250 g/mol. The first-order chi connectivity index (χ1) is 9.26. The molecule has 0 saturated heterocycles. The van der Waals surface area contributed by atoms with Crippen LogP contribution in [0.5, 0.6) is 5.88 Å². The average Bonchev–Trinajstić information content (AvgIpc) is 2.46. The van der Waals surface area contributed by atoms with E-state index < -0.39 is 0 Å². The molecule has 94 valence electrons. The van der Waals surface area contributed by atoms with Crippen molar-refractivity contribution in [3.63, 3.8) is 0 Å². The number of fused-ring (bicyclic) bond motifs is 1. The summed E-state index contributed by atoms with van der Waals surface area (Å²) < 4.78 is 5.13. The minimum absolute atomic E-state index is 0.633. The molecule has 0 radical (unpaired) electrons. The van der Waals surface area contributed by atoms with Gasteiger partial charge in [0.25, 0.3) is 0 Å². The van der Waals surface area contributed by atoms with Crippen molar-refractivity contribution in [2.75, 3.05) is 7.11 Å². The normalized spacial score (nSPS) is 10.6.